The third-order valence-electron chi connectivity index (χ3n) is 2.79. The number of hydrogen-bond donors (Lipinski definition) is 2. The summed E-state index contributed by atoms with van der Waals surface area (Å²) < 4.78 is 22.2. The number of carbonyl (C=O) groups excluding carboxylic acids is 1. The molecule has 0 aliphatic carbocycles. The smallest absolute Gasteiger partial charge is 0.335 e. The zero-order valence-corrected chi connectivity index (χ0v) is 12.6. The number of benzene rings is 2. The molecule has 2 N–H and O–H groups in total. The van der Waals surface area contributed by atoms with Gasteiger partial charge in [-0.25, -0.2) is 13.2 Å². The highest BCUT2D eigenvalue weighted by Crippen LogP contribution is 2.16. The van der Waals surface area contributed by atoms with Crippen molar-refractivity contribution in [3.63, 3.8) is 0 Å². The molecule has 22 heavy (non-hydrogen) atoms. The van der Waals surface area contributed by atoms with Crippen LogP contribution in [0.15, 0.2) is 53.4 Å². The van der Waals surface area contributed by atoms with E-state index in [-0.39, 0.29) is 16.0 Å². The molecule has 6 nitrogen and oxygen atoms in total. The average molecular weight is 340 g/mol. The lowest BCUT2D eigenvalue weighted by atomic mass is 10.2. The van der Waals surface area contributed by atoms with Crippen molar-refractivity contribution in [2.75, 3.05) is 5.32 Å². The number of anilines is 1. The Hall–Kier alpha value is -2.38. The van der Waals surface area contributed by atoms with Crippen molar-refractivity contribution >= 4 is 37.3 Å². The molecule has 2 aromatic carbocycles. The predicted molar refractivity (Wildman–Crippen MR) is 80.8 cm³/mol. The van der Waals surface area contributed by atoms with Gasteiger partial charge in [-0.05, 0) is 48.5 Å². The molecule has 0 aliphatic rings. The minimum Gasteiger partial charge on any atom is -0.478 e. The van der Waals surface area contributed by atoms with Crippen LogP contribution in [0.4, 0.5) is 5.69 Å². The molecule has 2 rings (SSSR count). The zero-order valence-electron chi connectivity index (χ0n) is 11.0. The lowest BCUT2D eigenvalue weighted by Crippen LogP contribution is -2.12. The number of carboxylic acid groups (broad SMARTS) is 1. The first-order chi connectivity index (χ1) is 10.3. The molecular weight excluding hydrogens is 330 g/mol. The van der Waals surface area contributed by atoms with Gasteiger partial charge in [-0.15, -0.1) is 0 Å². The van der Waals surface area contributed by atoms with E-state index >= 15 is 0 Å². The SMILES string of the molecule is O=C(O)c1ccc(NC(=O)c2ccc(S(=O)(=O)Cl)cc2)cc1. The van der Waals surface area contributed by atoms with Crippen molar-refractivity contribution in [2.24, 2.45) is 0 Å². The Morgan fingerprint density at radius 1 is 0.909 bits per heavy atom. The standard InChI is InChI=1S/C14H10ClNO5S/c15-22(20,21)12-7-3-9(4-8-12)13(17)16-11-5-1-10(2-6-11)14(18)19/h1-8H,(H,16,17)(H,18,19). The summed E-state index contributed by atoms with van der Waals surface area (Å²) in [5, 5.41) is 11.3. The van der Waals surface area contributed by atoms with E-state index in [4.69, 9.17) is 15.8 Å². The van der Waals surface area contributed by atoms with Gasteiger partial charge in [0.25, 0.3) is 15.0 Å². The molecular formula is C14H10ClNO5S. The van der Waals surface area contributed by atoms with Crippen LogP contribution in [0.1, 0.15) is 20.7 Å². The molecule has 0 aliphatic heterocycles. The Balaban J connectivity index is 2.13. The highest BCUT2D eigenvalue weighted by atomic mass is 35.7. The second kappa shape index (κ2) is 6.17. The fourth-order valence-corrected chi connectivity index (χ4v) is 2.44. The van der Waals surface area contributed by atoms with Crippen molar-refractivity contribution in [2.45, 2.75) is 4.90 Å². The Kier molecular flexibility index (Phi) is 4.48. The number of carbonyl (C=O) groups is 2. The lowest BCUT2D eigenvalue weighted by molar-refractivity contribution is 0.0696. The van der Waals surface area contributed by atoms with Gasteiger partial charge in [0.05, 0.1) is 10.5 Å². The molecule has 0 atom stereocenters. The summed E-state index contributed by atoms with van der Waals surface area (Å²) in [7, 11) is 1.35. The maximum atomic E-state index is 12.0. The van der Waals surface area contributed by atoms with Crippen molar-refractivity contribution < 1.29 is 23.1 Å². The predicted octanol–water partition coefficient (Wildman–Crippen LogP) is 2.56. The molecule has 0 radical (unpaired) electrons. The third kappa shape index (κ3) is 3.84. The van der Waals surface area contributed by atoms with Crippen molar-refractivity contribution in [3.05, 3.63) is 59.7 Å². The minimum atomic E-state index is -3.83. The van der Waals surface area contributed by atoms with Crippen LogP contribution < -0.4 is 5.32 Å². The molecule has 0 aromatic heterocycles. The number of carboxylic acids is 1. The van der Waals surface area contributed by atoms with E-state index in [0.717, 1.165) is 0 Å². The first kappa shape index (κ1) is 16.0. The Labute approximate surface area is 130 Å². The van der Waals surface area contributed by atoms with Gasteiger partial charge < -0.3 is 10.4 Å². The Bertz CT molecular complexity index is 813. The zero-order chi connectivity index (χ0) is 16.3. The van der Waals surface area contributed by atoms with Gasteiger partial charge in [0.2, 0.25) is 0 Å². The highest BCUT2D eigenvalue weighted by molar-refractivity contribution is 8.13. The summed E-state index contributed by atoms with van der Waals surface area (Å²) in [6.45, 7) is 0. The van der Waals surface area contributed by atoms with Crippen LogP contribution in [-0.4, -0.2) is 25.4 Å². The van der Waals surface area contributed by atoms with Crippen LogP contribution >= 0.6 is 10.7 Å². The van der Waals surface area contributed by atoms with Gasteiger partial charge in [-0.2, -0.15) is 0 Å². The van der Waals surface area contributed by atoms with Crippen LogP contribution in [0.5, 0.6) is 0 Å². The topological polar surface area (TPSA) is 101 Å². The van der Waals surface area contributed by atoms with Gasteiger partial charge in [0.15, 0.2) is 0 Å². The van der Waals surface area contributed by atoms with Crippen LogP contribution in [-0.2, 0) is 9.05 Å². The van der Waals surface area contributed by atoms with E-state index in [1.165, 1.54) is 48.5 Å². The first-order valence-corrected chi connectivity index (χ1v) is 8.28. The maximum Gasteiger partial charge on any atom is 0.335 e. The lowest BCUT2D eigenvalue weighted by Gasteiger charge is -2.06. The molecule has 8 heteroatoms. The number of amides is 1. The fourth-order valence-electron chi connectivity index (χ4n) is 1.67. The van der Waals surface area contributed by atoms with Crippen molar-refractivity contribution in [1.29, 1.82) is 0 Å². The van der Waals surface area contributed by atoms with Crippen LogP contribution in [0.2, 0.25) is 0 Å². The molecule has 0 saturated heterocycles. The summed E-state index contributed by atoms with van der Waals surface area (Å²) >= 11 is 0. The molecule has 0 unspecified atom stereocenters. The largest absolute Gasteiger partial charge is 0.478 e. The second-order valence-electron chi connectivity index (χ2n) is 4.30. The van der Waals surface area contributed by atoms with Gasteiger partial charge in [0.1, 0.15) is 0 Å². The van der Waals surface area contributed by atoms with E-state index in [0.29, 0.717) is 5.69 Å². The number of hydrogen-bond acceptors (Lipinski definition) is 4. The Morgan fingerprint density at radius 3 is 1.86 bits per heavy atom. The molecule has 1 amide bonds. The quantitative estimate of drug-likeness (QED) is 0.834. The van der Waals surface area contributed by atoms with E-state index < -0.39 is 20.9 Å². The Morgan fingerprint density at radius 2 is 1.41 bits per heavy atom. The highest BCUT2D eigenvalue weighted by Gasteiger charge is 2.12. The van der Waals surface area contributed by atoms with Crippen molar-refractivity contribution in [1.82, 2.24) is 0 Å². The van der Waals surface area contributed by atoms with Gasteiger partial charge >= 0.3 is 5.97 Å². The summed E-state index contributed by atoms with van der Waals surface area (Å²) in [4.78, 5) is 22.6. The second-order valence-corrected chi connectivity index (χ2v) is 6.86. The summed E-state index contributed by atoms with van der Waals surface area (Å²) in [5.41, 5.74) is 0.769. The molecule has 0 heterocycles. The van der Waals surface area contributed by atoms with E-state index in [1.54, 1.807) is 0 Å². The normalized spacial score (nSPS) is 11.0. The van der Waals surface area contributed by atoms with E-state index in [1.807, 2.05) is 0 Å². The maximum absolute atomic E-state index is 12.0. The molecule has 0 bridgehead atoms. The van der Waals surface area contributed by atoms with Crippen LogP contribution in [0.3, 0.4) is 0 Å². The number of rotatable bonds is 4. The third-order valence-corrected chi connectivity index (χ3v) is 4.16. The minimum absolute atomic E-state index is 0.100. The average Bonchev–Trinajstić information content (AvgIpc) is 2.47. The molecule has 0 spiro atoms. The van der Waals surface area contributed by atoms with Gasteiger partial charge in [-0.1, -0.05) is 0 Å². The number of halogens is 1. The molecule has 0 fully saturated rings. The van der Waals surface area contributed by atoms with Crippen LogP contribution in [0, 0.1) is 0 Å². The van der Waals surface area contributed by atoms with E-state index in [2.05, 4.69) is 5.32 Å². The summed E-state index contributed by atoms with van der Waals surface area (Å²) in [6.07, 6.45) is 0. The number of nitrogens with one attached hydrogen (secondary N) is 1. The summed E-state index contributed by atoms with van der Waals surface area (Å²) in [6, 6.07) is 10.8. The monoisotopic (exact) mass is 339 g/mol. The van der Waals surface area contributed by atoms with Crippen molar-refractivity contribution in [3.8, 4) is 0 Å². The summed E-state index contributed by atoms with van der Waals surface area (Å²) in [5.74, 6) is -1.52. The van der Waals surface area contributed by atoms with Gasteiger partial charge in [-0.3, -0.25) is 4.79 Å². The van der Waals surface area contributed by atoms with Gasteiger partial charge in [0, 0.05) is 21.9 Å². The number of aromatic carboxylic acids is 1. The van der Waals surface area contributed by atoms with Crippen LogP contribution in [0.25, 0.3) is 0 Å². The molecule has 2 aromatic rings. The van der Waals surface area contributed by atoms with E-state index in [9.17, 15) is 18.0 Å². The molecule has 0 saturated carbocycles. The molecule has 114 valence electrons. The first-order valence-electron chi connectivity index (χ1n) is 5.97. The fraction of sp³-hybridized carbons (Fsp3) is 0.